The minimum atomic E-state index is 0.610. The number of hydrogen-bond acceptors (Lipinski definition) is 5. The molecule has 0 unspecified atom stereocenters. The predicted octanol–water partition coefficient (Wildman–Crippen LogP) is 5.07. The Bertz CT molecular complexity index is 1010. The largest absolute Gasteiger partial charge is 0.382 e. The molecule has 2 heterocycles. The molecule has 0 spiro atoms. The molecule has 0 aliphatic carbocycles. The molecule has 0 aliphatic rings. The van der Waals surface area contributed by atoms with Crippen molar-refractivity contribution in [3.05, 3.63) is 72.2 Å². The van der Waals surface area contributed by atoms with Crippen LogP contribution in [0, 0.1) is 13.8 Å². The van der Waals surface area contributed by atoms with Crippen molar-refractivity contribution in [1.82, 2.24) is 9.97 Å². The zero-order valence-electron chi connectivity index (χ0n) is 17.2. The van der Waals surface area contributed by atoms with Crippen LogP contribution in [0.15, 0.2) is 49.6 Å². The molecule has 2 N–H and O–H groups in total. The summed E-state index contributed by atoms with van der Waals surface area (Å²) in [6, 6.07) is 12.2. The zero-order valence-corrected chi connectivity index (χ0v) is 17.2. The van der Waals surface area contributed by atoms with Gasteiger partial charge in [-0.05, 0) is 38.1 Å². The van der Waals surface area contributed by atoms with Crippen molar-refractivity contribution in [2.24, 2.45) is 0 Å². The van der Waals surface area contributed by atoms with Gasteiger partial charge in [-0.15, -0.1) is 0 Å². The quantitative estimate of drug-likeness (QED) is 0.475. The van der Waals surface area contributed by atoms with Crippen molar-refractivity contribution in [2.75, 3.05) is 36.9 Å². The summed E-state index contributed by atoms with van der Waals surface area (Å²) in [5.41, 5.74) is 6.85. The number of ether oxygens (including phenoxy) is 1. The Hall–Kier alpha value is -3.18. The van der Waals surface area contributed by atoms with Gasteiger partial charge in [0.2, 0.25) is 0 Å². The van der Waals surface area contributed by atoms with Crippen molar-refractivity contribution in [3.63, 3.8) is 0 Å². The van der Waals surface area contributed by atoms with Gasteiger partial charge in [0.05, 0.1) is 24.4 Å². The van der Waals surface area contributed by atoms with E-state index in [-0.39, 0.29) is 0 Å². The second-order valence-corrected chi connectivity index (χ2v) is 6.81. The molecule has 0 atom stereocenters. The molecule has 0 fully saturated rings. The summed E-state index contributed by atoms with van der Waals surface area (Å²) in [5, 5.41) is 7.99. The SMILES string of the molecule is C=Cc1nc(C)cc(NCCOCCNc2cc(C)nc3ccccc23)c1C=C. The van der Waals surface area contributed by atoms with Crippen LogP contribution < -0.4 is 10.6 Å². The molecule has 5 nitrogen and oxygen atoms in total. The summed E-state index contributed by atoms with van der Waals surface area (Å²) >= 11 is 0. The Kier molecular flexibility index (Phi) is 6.98. The molecule has 0 saturated heterocycles. The highest BCUT2D eigenvalue weighted by Gasteiger charge is 2.06. The molecule has 150 valence electrons. The number of nitrogens with one attached hydrogen (secondary N) is 2. The fourth-order valence-electron chi connectivity index (χ4n) is 3.30. The van der Waals surface area contributed by atoms with E-state index in [2.05, 4.69) is 45.9 Å². The standard InChI is InChI=1S/C24H28N4O/c1-5-19-21(6-2)27-17(3)15-23(19)25-11-13-29-14-12-26-24-16-18(4)28-22-10-8-7-9-20(22)24/h5-10,15-16H,1-2,11-14H2,3-4H3,(H,25,27)(H,26,28). The van der Waals surface area contributed by atoms with Crippen LogP contribution in [0.25, 0.3) is 23.1 Å². The summed E-state index contributed by atoms with van der Waals surface area (Å²) in [6.07, 6.45) is 3.56. The van der Waals surface area contributed by atoms with E-state index < -0.39 is 0 Å². The van der Waals surface area contributed by atoms with E-state index in [4.69, 9.17) is 4.74 Å². The van der Waals surface area contributed by atoms with Gasteiger partial charge < -0.3 is 15.4 Å². The summed E-state index contributed by atoms with van der Waals surface area (Å²) in [5.74, 6) is 0. The summed E-state index contributed by atoms with van der Waals surface area (Å²) in [6.45, 7) is 14.4. The number of rotatable bonds is 10. The Labute approximate surface area is 172 Å². The second kappa shape index (κ2) is 9.85. The smallest absolute Gasteiger partial charge is 0.0725 e. The first-order valence-corrected chi connectivity index (χ1v) is 9.80. The molecule has 0 amide bonds. The van der Waals surface area contributed by atoms with Gasteiger partial charge >= 0.3 is 0 Å². The van der Waals surface area contributed by atoms with E-state index in [0.717, 1.165) is 51.5 Å². The molecule has 0 bridgehead atoms. The topological polar surface area (TPSA) is 59.1 Å². The van der Waals surface area contributed by atoms with Crippen molar-refractivity contribution >= 4 is 34.4 Å². The van der Waals surface area contributed by atoms with E-state index >= 15 is 0 Å². The van der Waals surface area contributed by atoms with E-state index in [1.165, 1.54) is 0 Å². The number of anilines is 2. The highest BCUT2D eigenvalue weighted by atomic mass is 16.5. The fourth-order valence-corrected chi connectivity index (χ4v) is 3.30. The van der Waals surface area contributed by atoms with E-state index in [1.54, 1.807) is 12.2 Å². The predicted molar refractivity (Wildman–Crippen MR) is 123 cm³/mol. The Morgan fingerprint density at radius 3 is 2.28 bits per heavy atom. The average molecular weight is 389 g/mol. The number of hydrogen-bond donors (Lipinski definition) is 2. The lowest BCUT2D eigenvalue weighted by atomic mass is 10.1. The number of benzene rings is 1. The molecule has 0 radical (unpaired) electrons. The van der Waals surface area contributed by atoms with E-state index in [9.17, 15) is 0 Å². The lowest BCUT2D eigenvalue weighted by Gasteiger charge is -2.14. The van der Waals surface area contributed by atoms with Crippen LogP contribution in [0.4, 0.5) is 11.4 Å². The number of pyridine rings is 2. The lowest BCUT2D eigenvalue weighted by Crippen LogP contribution is -2.15. The maximum Gasteiger partial charge on any atom is 0.0725 e. The molecule has 3 rings (SSSR count). The molecule has 0 aliphatic heterocycles. The second-order valence-electron chi connectivity index (χ2n) is 6.81. The highest BCUT2D eigenvalue weighted by Crippen LogP contribution is 2.23. The van der Waals surface area contributed by atoms with Gasteiger partial charge in [0.15, 0.2) is 0 Å². The third-order valence-corrected chi connectivity index (χ3v) is 4.58. The van der Waals surface area contributed by atoms with Gasteiger partial charge in [0.25, 0.3) is 0 Å². The fraction of sp³-hybridized carbons (Fsp3) is 0.250. The van der Waals surface area contributed by atoms with Crippen LogP contribution in [0.1, 0.15) is 22.6 Å². The molecular weight excluding hydrogens is 360 g/mol. The molecule has 1 aromatic carbocycles. The van der Waals surface area contributed by atoms with Gasteiger partial charge in [0, 0.05) is 46.8 Å². The lowest BCUT2D eigenvalue weighted by molar-refractivity contribution is 0.154. The molecular formula is C24H28N4O. The highest BCUT2D eigenvalue weighted by molar-refractivity contribution is 5.91. The molecule has 3 aromatic rings. The Morgan fingerprint density at radius 2 is 1.55 bits per heavy atom. The molecule has 2 aromatic heterocycles. The number of nitrogens with zero attached hydrogens (tertiary/aromatic N) is 2. The monoisotopic (exact) mass is 388 g/mol. The van der Waals surface area contributed by atoms with Gasteiger partial charge in [-0.2, -0.15) is 0 Å². The van der Waals surface area contributed by atoms with Crippen LogP contribution in [-0.4, -0.2) is 36.3 Å². The number of aromatic nitrogens is 2. The Balaban J connectivity index is 1.46. The van der Waals surface area contributed by atoms with Crippen LogP contribution in [-0.2, 0) is 4.74 Å². The summed E-state index contributed by atoms with van der Waals surface area (Å²) in [4.78, 5) is 9.04. The zero-order chi connectivity index (χ0) is 20.6. The Morgan fingerprint density at radius 1 is 0.897 bits per heavy atom. The first-order chi connectivity index (χ1) is 14.1. The number of aryl methyl sites for hydroxylation is 2. The molecule has 29 heavy (non-hydrogen) atoms. The minimum Gasteiger partial charge on any atom is -0.382 e. The van der Waals surface area contributed by atoms with Crippen molar-refractivity contribution in [3.8, 4) is 0 Å². The van der Waals surface area contributed by atoms with Crippen molar-refractivity contribution < 1.29 is 4.74 Å². The molecule has 5 heteroatoms. The van der Waals surface area contributed by atoms with Crippen LogP contribution >= 0.6 is 0 Å². The normalized spacial score (nSPS) is 10.7. The summed E-state index contributed by atoms with van der Waals surface area (Å²) < 4.78 is 5.78. The third-order valence-electron chi connectivity index (χ3n) is 4.58. The van der Waals surface area contributed by atoms with Crippen LogP contribution in [0.2, 0.25) is 0 Å². The van der Waals surface area contributed by atoms with Crippen LogP contribution in [0.5, 0.6) is 0 Å². The van der Waals surface area contributed by atoms with Gasteiger partial charge in [-0.3, -0.25) is 9.97 Å². The first kappa shape index (κ1) is 20.6. The van der Waals surface area contributed by atoms with Crippen molar-refractivity contribution in [2.45, 2.75) is 13.8 Å². The summed E-state index contributed by atoms with van der Waals surface area (Å²) in [7, 11) is 0. The third kappa shape index (κ3) is 5.21. The molecule has 0 saturated carbocycles. The number of fused-ring (bicyclic) bond motifs is 1. The van der Waals surface area contributed by atoms with Gasteiger partial charge in [0.1, 0.15) is 0 Å². The van der Waals surface area contributed by atoms with E-state index in [0.29, 0.717) is 19.8 Å². The maximum absolute atomic E-state index is 5.78. The van der Waals surface area contributed by atoms with Crippen molar-refractivity contribution in [1.29, 1.82) is 0 Å². The van der Waals surface area contributed by atoms with Gasteiger partial charge in [-0.1, -0.05) is 37.4 Å². The maximum atomic E-state index is 5.78. The van der Waals surface area contributed by atoms with Gasteiger partial charge in [-0.25, -0.2) is 0 Å². The average Bonchev–Trinajstić information content (AvgIpc) is 2.72. The number of para-hydroxylation sites is 1. The van der Waals surface area contributed by atoms with E-state index in [1.807, 2.05) is 38.1 Å². The van der Waals surface area contributed by atoms with Crippen LogP contribution in [0.3, 0.4) is 0 Å². The minimum absolute atomic E-state index is 0.610. The first-order valence-electron chi connectivity index (χ1n) is 9.80.